The second kappa shape index (κ2) is 10.2. The molecule has 7 heteroatoms. The van der Waals surface area contributed by atoms with Crippen molar-refractivity contribution in [2.45, 2.75) is 39.8 Å². The third kappa shape index (κ3) is 5.41. The molecule has 3 heterocycles. The Hall–Kier alpha value is -2.18. The van der Waals surface area contributed by atoms with E-state index >= 15 is 0 Å². The van der Waals surface area contributed by atoms with E-state index < -0.39 is 0 Å². The molecule has 2 aliphatic rings. The number of carbonyl (C=O) groups excluding carboxylic acids is 1. The number of aromatic nitrogens is 1. The van der Waals surface area contributed by atoms with Gasteiger partial charge < -0.3 is 18.9 Å². The third-order valence-corrected chi connectivity index (χ3v) is 6.47. The lowest BCUT2D eigenvalue weighted by Gasteiger charge is -2.28. The van der Waals surface area contributed by atoms with Crippen molar-refractivity contribution in [3.8, 4) is 11.5 Å². The Kier molecular flexibility index (Phi) is 7.31. The first-order valence-electron chi connectivity index (χ1n) is 11.6. The highest BCUT2D eigenvalue weighted by atomic mass is 35.5. The van der Waals surface area contributed by atoms with E-state index in [1.165, 1.54) is 5.69 Å². The number of rotatable bonds is 7. The number of halogens is 1. The van der Waals surface area contributed by atoms with Gasteiger partial charge in [0.05, 0.1) is 24.2 Å². The fourth-order valence-corrected chi connectivity index (χ4v) is 4.88. The van der Waals surface area contributed by atoms with Crippen LogP contribution in [0.3, 0.4) is 0 Å². The Morgan fingerprint density at radius 3 is 2.84 bits per heavy atom. The fraction of sp³-hybridized carbons (Fsp3) is 0.560. The molecule has 0 radical (unpaired) electrons. The van der Waals surface area contributed by atoms with Gasteiger partial charge in [0, 0.05) is 51.5 Å². The summed E-state index contributed by atoms with van der Waals surface area (Å²) in [6.07, 6.45) is 3.80. The van der Waals surface area contributed by atoms with Crippen LogP contribution in [0.25, 0.3) is 0 Å². The number of nitrogens with zero attached hydrogens (tertiary/aromatic N) is 3. The summed E-state index contributed by atoms with van der Waals surface area (Å²) < 4.78 is 13.7. The first-order valence-corrected chi connectivity index (χ1v) is 12.0. The average Bonchev–Trinajstić information content (AvgIpc) is 3.30. The maximum atomic E-state index is 13.5. The summed E-state index contributed by atoms with van der Waals surface area (Å²) in [5.41, 5.74) is 2.26. The Balaban J connectivity index is 1.45. The summed E-state index contributed by atoms with van der Waals surface area (Å²) in [5, 5.41) is 0.547. The number of ether oxygens (including phenoxy) is 2. The van der Waals surface area contributed by atoms with E-state index in [1.807, 2.05) is 17.0 Å². The van der Waals surface area contributed by atoms with Gasteiger partial charge in [-0.2, -0.15) is 0 Å². The van der Waals surface area contributed by atoms with Crippen molar-refractivity contribution in [1.29, 1.82) is 0 Å². The molecule has 1 fully saturated rings. The second-order valence-corrected chi connectivity index (χ2v) is 9.81. The molecule has 0 aliphatic carbocycles. The van der Waals surface area contributed by atoms with Crippen LogP contribution >= 0.6 is 11.6 Å². The first kappa shape index (κ1) is 23.0. The van der Waals surface area contributed by atoms with Crippen molar-refractivity contribution in [2.24, 2.45) is 18.9 Å². The van der Waals surface area contributed by atoms with Gasteiger partial charge in [-0.05, 0) is 48.7 Å². The summed E-state index contributed by atoms with van der Waals surface area (Å²) in [5.74, 6) is 1.94. The summed E-state index contributed by atoms with van der Waals surface area (Å²) in [7, 11) is 2.07. The molecule has 0 spiro atoms. The number of hydrogen-bond donors (Lipinski definition) is 0. The molecule has 0 bridgehead atoms. The van der Waals surface area contributed by atoms with Crippen LogP contribution in [0.2, 0.25) is 5.02 Å². The molecule has 0 unspecified atom stereocenters. The summed E-state index contributed by atoms with van der Waals surface area (Å²) in [6.45, 7) is 9.41. The minimum Gasteiger partial charge on any atom is -0.489 e. The smallest absolute Gasteiger partial charge is 0.227 e. The molecule has 1 amide bonds. The predicted octanol–water partition coefficient (Wildman–Crippen LogP) is 4.35. The molecule has 174 valence electrons. The van der Waals surface area contributed by atoms with Gasteiger partial charge in [-0.1, -0.05) is 25.4 Å². The summed E-state index contributed by atoms with van der Waals surface area (Å²) >= 11 is 6.50. The number of carbonyl (C=O) groups is 1. The quantitative estimate of drug-likeness (QED) is 0.617. The van der Waals surface area contributed by atoms with Crippen molar-refractivity contribution in [3.63, 3.8) is 0 Å². The van der Waals surface area contributed by atoms with Crippen molar-refractivity contribution in [3.05, 3.63) is 46.7 Å². The van der Waals surface area contributed by atoms with E-state index in [1.54, 1.807) is 0 Å². The van der Waals surface area contributed by atoms with Gasteiger partial charge in [-0.25, -0.2) is 0 Å². The maximum absolute atomic E-state index is 13.5. The molecule has 1 atom stereocenters. The van der Waals surface area contributed by atoms with Gasteiger partial charge in [0.15, 0.2) is 11.5 Å². The number of benzene rings is 1. The summed E-state index contributed by atoms with van der Waals surface area (Å²) in [6, 6.07) is 8.10. The summed E-state index contributed by atoms with van der Waals surface area (Å²) in [4.78, 5) is 17.9. The Morgan fingerprint density at radius 2 is 2.09 bits per heavy atom. The topological polar surface area (TPSA) is 46.9 Å². The van der Waals surface area contributed by atoms with Crippen LogP contribution in [0.5, 0.6) is 11.5 Å². The first-order chi connectivity index (χ1) is 15.4. The van der Waals surface area contributed by atoms with Crippen LogP contribution < -0.4 is 9.47 Å². The number of aryl methyl sites for hydroxylation is 1. The largest absolute Gasteiger partial charge is 0.489 e. The van der Waals surface area contributed by atoms with Gasteiger partial charge in [0.2, 0.25) is 5.91 Å². The highest BCUT2D eigenvalue weighted by Gasteiger charge is 2.32. The van der Waals surface area contributed by atoms with E-state index in [2.05, 4.69) is 48.7 Å². The molecule has 32 heavy (non-hydrogen) atoms. The highest BCUT2D eigenvalue weighted by molar-refractivity contribution is 6.32. The van der Waals surface area contributed by atoms with E-state index in [0.29, 0.717) is 42.2 Å². The van der Waals surface area contributed by atoms with Gasteiger partial charge in [-0.3, -0.25) is 9.69 Å². The zero-order valence-corrected chi connectivity index (χ0v) is 20.1. The Labute approximate surface area is 196 Å². The molecule has 0 N–H and O–H groups in total. The fourth-order valence-electron chi connectivity index (χ4n) is 4.59. The van der Waals surface area contributed by atoms with Gasteiger partial charge >= 0.3 is 0 Å². The lowest BCUT2D eigenvalue weighted by Crippen LogP contribution is -2.39. The molecular weight excluding hydrogens is 426 g/mol. The monoisotopic (exact) mass is 459 g/mol. The van der Waals surface area contributed by atoms with E-state index in [0.717, 1.165) is 44.6 Å². The minimum atomic E-state index is 0.0323. The number of amides is 1. The molecule has 0 saturated carbocycles. The molecule has 6 nitrogen and oxygen atoms in total. The van der Waals surface area contributed by atoms with Crippen LogP contribution in [-0.2, 0) is 24.9 Å². The molecule has 1 saturated heterocycles. The average molecular weight is 460 g/mol. The molecule has 1 aromatic carbocycles. The van der Waals surface area contributed by atoms with Crippen molar-refractivity contribution < 1.29 is 14.3 Å². The molecule has 1 aromatic heterocycles. The molecular formula is C25H34ClN3O3. The molecule has 2 aliphatic heterocycles. The van der Waals surface area contributed by atoms with Gasteiger partial charge in [0.25, 0.3) is 0 Å². The van der Waals surface area contributed by atoms with Gasteiger partial charge in [-0.15, -0.1) is 0 Å². The predicted molar refractivity (Wildman–Crippen MR) is 126 cm³/mol. The Bertz CT molecular complexity index is 943. The zero-order chi connectivity index (χ0) is 22.7. The van der Waals surface area contributed by atoms with Crippen molar-refractivity contribution in [2.75, 3.05) is 32.8 Å². The van der Waals surface area contributed by atoms with Crippen LogP contribution in [0.1, 0.15) is 37.9 Å². The Morgan fingerprint density at radius 1 is 1.28 bits per heavy atom. The maximum Gasteiger partial charge on any atom is 0.227 e. The molecule has 2 aromatic rings. The number of fused-ring (bicyclic) bond motifs is 1. The highest BCUT2D eigenvalue weighted by Crippen LogP contribution is 2.38. The molecule has 4 rings (SSSR count). The van der Waals surface area contributed by atoms with E-state index in [9.17, 15) is 4.79 Å². The van der Waals surface area contributed by atoms with E-state index in [4.69, 9.17) is 21.1 Å². The van der Waals surface area contributed by atoms with Crippen LogP contribution in [0.15, 0.2) is 30.5 Å². The third-order valence-electron chi connectivity index (χ3n) is 6.19. The minimum absolute atomic E-state index is 0.0323. The number of likely N-dealkylation sites (tertiary alicyclic amines) is 1. The van der Waals surface area contributed by atoms with Crippen LogP contribution in [0.4, 0.5) is 0 Å². The van der Waals surface area contributed by atoms with Crippen LogP contribution in [-0.4, -0.2) is 53.1 Å². The lowest BCUT2D eigenvalue weighted by molar-refractivity contribution is -0.136. The lowest BCUT2D eigenvalue weighted by atomic mass is 10.0. The SMILES string of the molecule is CC(C)CN(Cc1cc(Cl)c2c(c1)OCCCO2)C(=O)[C@@H]1CCN(Cc2cccn2C)C1. The van der Waals surface area contributed by atoms with Gasteiger partial charge in [0.1, 0.15) is 0 Å². The van der Waals surface area contributed by atoms with E-state index in [-0.39, 0.29) is 11.8 Å². The standard InChI is InChI=1S/C25H34ClN3O3/c1-18(2)14-29(15-19-12-22(26)24-23(13-19)31-10-5-11-32-24)25(30)20-7-9-28(16-20)17-21-6-4-8-27(21)3/h4,6,8,12-13,18,20H,5,7,9-11,14-17H2,1-3H3/t20-/m1/s1. The number of hydrogen-bond acceptors (Lipinski definition) is 4. The second-order valence-electron chi connectivity index (χ2n) is 9.40. The van der Waals surface area contributed by atoms with Crippen molar-refractivity contribution >= 4 is 17.5 Å². The van der Waals surface area contributed by atoms with Crippen LogP contribution in [0, 0.1) is 11.8 Å². The zero-order valence-electron chi connectivity index (χ0n) is 19.3. The van der Waals surface area contributed by atoms with Crippen molar-refractivity contribution in [1.82, 2.24) is 14.4 Å². The normalized spacial score (nSPS) is 18.7.